The highest BCUT2D eigenvalue weighted by molar-refractivity contribution is 7.15. The van der Waals surface area contributed by atoms with Crippen molar-refractivity contribution in [3.8, 4) is 21.3 Å². The van der Waals surface area contributed by atoms with Gasteiger partial charge in [-0.25, -0.2) is 4.98 Å². The molecule has 2 fully saturated rings. The second-order valence-electron chi connectivity index (χ2n) is 18.2. The number of hydrogen-bond donors (Lipinski definition) is 3. The van der Waals surface area contributed by atoms with Crippen molar-refractivity contribution < 1.29 is 28.8 Å². The Hall–Kier alpha value is -5.79. The molecule has 0 spiro atoms. The number of fused-ring (bicyclic) bond motifs is 3. The highest BCUT2D eigenvalue weighted by atomic mass is 35.5. The van der Waals surface area contributed by atoms with E-state index in [9.17, 15) is 19.5 Å². The maximum atomic E-state index is 14.2. The van der Waals surface area contributed by atoms with Crippen LogP contribution in [0.2, 0.25) is 5.02 Å². The lowest BCUT2D eigenvalue weighted by atomic mass is 9.91. The standard InChI is InChI=1S/C49H55ClN10O6S2/c1-26(2)42(48(64)59-24-36(61)19-38(59)47(63)51-22-31-7-9-33(10-8-31)45-28(4)52-25-67-45)39-21-41(57-66-39)65-18-17-58-16-15-35(23-58)53-40(62)20-37-46-56-55-30(6)60(46)49-43(27(3)29(5)68-49)44(54-37)32-11-13-34(50)14-12-32/h7-14,21,25-26,35-38,42,61H,15-20,22-24H2,1-6H3,(H,51,63)(H,53,62)/t35-,36?,37+,38?,42-/m1/s1. The van der Waals surface area contributed by atoms with Gasteiger partial charge in [0.15, 0.2) is 11.6 Å². The van der Waals surface area contributed by atoms with E-state index in [0.29, 0.717) is 36.3 Å². The van der Waals surface area contributed by atoms with Crippen molar-refractivity contribution in [2.75, 3.05) is 32.8 Å². The van der Waals surface area contributed by atoms with Crippen LogP contribution in [0.25, 0.3) is 15.4 Å². The number of nitrogens with zero attached hydrogens (tertiary/aromatic N) is 8. The first-order chi connectivity index (χ1) is 32.7. The lowest BCUT2D eigenvalue weighted by Gasteiger charge is -2.28. The van der Waals surface area contributed by atoms with Crippen LogP contribution in [0, 0.1) is 33.6 Å². The zero-order chi connectivity index (χ0) is 47.8. The Morgan fingerprint density at radius 1 is 1.01 bits per heavy atom. The van der Waals surface area contributed by atoms with E-state index in [4.69, 9.17) is 25.9 Å². The Balaban J connectivity index is 0.776. The van der Waals surface area contributed by atoms with Crippen molar-refractivity contribution >= 4 is 57.7 Å². The molecule has 2 unspecified atom stereocenters. The highest BCUT2D eigenvalue weighted by Crippen LogP contribution is 2.40. The normalized spacial score (nSPS) is 19.7. The van der Waals surface area contributed by atoms with Gasteiger partial charge in [-0.1, -0.05) is 61.8 Å². The third-order valence-electron chi connectivity index (χ3n) is 13.1. The molecule has 2 saturated heterocycles. The van der Waals surface area contributed by atoms with Gasteiger partial charge < -0.3 is 29.9 Å². The van der Waals surface area contributed by atoms with E-state index in [1.165, 1.54) is 9.78 Å². The zero-order valence-electron chi connectivity index (χ0n) is 38.9. The van der Waals surface area contributed by atoms with E-state index in [-0.39, 0.29) is 61.5 Å². The van der Waals surface area contributed by atoms with Crippen molar-refractivity contribution in [3.63, 3.8) is 0 Å². The summed E-state index contributed by atoms with van der Waals surface area (Å²) in [6, 6.07) is 15.8. The van der Waals surface area contributed by atoms with Crippen LogP contribution in [-0.2, 0) is 20.9 Å². The van der Waals surface area contributed by atoms with Crippen LogP contribution in [0.5, 0.6) is 5.88 Å². The molecule has 3 aliphatic rings. The summed E-state index contributed by atoms with van der Waals surface area (Å²) >= 11 is 9.53. The molecule has 68 heavy (non-hydrogen) atoms. The van der Waals surface area contributed by atoms with Crippen LogP contribution in [0.4, 0.5) is 0 Å². The number of hydrogen-bond acceptors (Lipinski definition) is 14. The predicted octanol–water partition coefficient (Wildman–Crippen LogP) is 6.90. The molecule has 3 aliphatic heterocycles. The molecule has 0 bridgehead atoms. The van der Waals surface area contributed by atoms with Gasteiger partial charge in [-0.3, -0.25) is 28.8 Å². The number of aliphatic imine (C=N–C) groups is 1. The number of ether oxygens (including phenoxy) is 1. The number of aliphatic hydroxyl groups is 1. The molecule has 7 heterocycles. The number of likely N-dealkylation sites (tertiary alicyclic amines) is 2. The van der Waals surface area contributed by atoms with Gasteiger partial charge in [0.25, 0.3) is 5.88 Å². The van der Waals surface area contributed by atoms with Crippen molar-refractivity contribution in [2.45, 2.75) is 97.5 Å². The van der Waals surface area contributed by atoms with E-state index >= 15 is 0 Å². The second-order valence-corrected chi connectivity index (χ2v) is 20.7. The first kappa shape index (κ1) is 47.3. The molecule has 9 rings (SSSR count). The Morgan fingerprint density at radius 2 is 1.78 bits per heavy atom. The molecule has 6 aromatic rings. The molecule has 4 aromatic heterocycles. The Labute approximate surface area is 407 Å². The van der Waals surface area contributed by atoms with E-state index < -0.39 is 24.1 Å². The Kier molecular flexibility index (Phi) is 13.9. The molecule has 0 aliphatic carbocycles. The van der Waals surface area contributed by atoms with E-state index in [2.05, 4.69) is 49.7 Å². The number of β-amino-alcohol motifs (C(OH)–C–C–N with tert-alkyl or cyclic N) is 1. The van der Waals surface area contributed by atoms with Gasteiger partial charge in [-0.2, -0.15) is 0 Å². The summed E-state index contributed by atoms with van der Waals surface area (Å²) in [5.41, 5.74) is 8.63. The number of thiophene rings is 1. The number of rotatable bonds is 15. The van der Waals surface area contributed by atoms with Crippen LogP contribution >= 0.6 is 34.3 Å². The number of carbonyl (C=O) groups is 3. The summed E-state index contributed by atoms with van der Waals surface area (Å²) in [5, 5.41) is 31.6. The van der Waals surface area contributed by atoms with Gasteiger partial charge >= 0.3 is 0 Å². The van der Waals surface area contributed by atoms with Gasteiger partial charge in [0.05, 0.1) is 34.3 Å². The topological polar surface area (TPSA) is 193 Å². The summed E-state index contributed by atoms with van der Waals surface area (Å²) in [7, 11) is 0. The van der Waals surface area contributed by atoms with Gasteiger partial charge in [0, 0.05) is 72.3 Å². The number of aliphatic hydroxyl groups excluding tert-OH is 1. The number of thiazole rings is 1. The van der Waals surface area contributed by atoms with Crippen LogP contribution in [0.15, 0.2) is 69.6 Å². The third-order valence-corrected chi connectivity index (χ3v) is 15.5. The van der Waals surface area contributed by atoms with Gasteiger partial charge in [-0.05, 0) is 74.0 Å². The number of halogens is 1. The molecule has 5 atom stereocenters. The second kappa shape index (κ2) is 20.0. The van der Waals surface area contributed by atoms with Crippen LogP contribution < -0.4 is 15.4 Å². The first-order valence-corrected chi connectivity index (χ1v) is 25.0. The fraction of sp³-hybridized carbons (Fsp3) is 0.429. The lowest BCUT2D eigenvalue weighted by molar-refractivity contribution is -0.141. The number of amides is 3. The molecular formula is C49H55ClN10O6S2. The summed E-state index contributed by atoms with van der Waals surface area (Å²) in [5.74, 6) is 0.227. The van der Waals surface area contributed by atoms with Crippen LogP contribution in [0.1, 0.15) is 95.3 Å². The average molecular weight is 980 g/mol. The minimum absolute atomic E-state index is 0.0375. The molecule has 3 amide bonds. The first-order valence-electron chi connectivity index (χ1n) is 23.0. The molecule has 356 valence electrons. The van der Waals surface area contributed by atoms with Crippen LogP contribution in [-0.4, -0.2) is 114 Å². The average Bonchev–Trinajstić information content (AvgIpc) is 4.19. The maximum Gasteiger partial charge on any atom is 0.254 e. The fourth-order valence-corrected chi connectivity index (χ4v) is 11.5. The van der Waals surface area contributed by atoms with Crippen molar-refractivity contribution in [1.29, 1.82) is 0 Å². The van der Waals surface area contributed by atoms with Crippen molar-refractivity contribution in [1.82, 2.24) is 45.3 Å². The minimum atomic E-state index is -0.836. The summed E-state index contributed by atoms with van der Waals surface area (Å²) < 4.78 is 13.8. The summed E-state index contributed by atoms with van der Waals surface area (Å²) in [6.07, 6.45) is 0.181. The molecule has 16 nitrogen and oxygen atoms in total. The summed E-state index contributed by atoms with van der Waals surface area (Å²) in [6.45, 7) is 14.5. The molecule has 19 heteroatoms. The number of carbonyl (C=O) groups excluding carboxylic acids is 3. The molecular weight excluding hydrogens is 924 g/mol. The highest BCUT2D eigenvalue weighted by Gasteiger charge is 2.43. The predicted molar refractivity (Wildman–Crippen MR) is 261 cm³/mol. The molecule has 0 saturated carbocycles. The smallest absolute Gasteiger partial charge is 0.254 e. The van der Waals surface area contributed by atoms with Gasteiger partial charge in [0.1, 0.15) is 35.4 Å². The molecule has 0 radical (unpaired) electrons. The fourth-order valence-electron chi connectivity index (χ4n) is 9.39. The van der Waals surface area contributed by atoms with E-state index in [0.717, 1.165) is 67.9 Å². The quantitative estimate of drug-likeness (QED) is 0.0970. The maximum absolute atomic E-state index is 14.2. The van der Waals surface area contributed by atoms with Crippen LogP contribution in [0.3, 0.4) is 0 Å². The largest absolute Gasteiger partial charge is 0.474 e. The monoisotopic (exact) mass is 978 g/mol. The SMILES string of the molecule is Cc1ncsc1-c1ccc(CNC(=O)C2CC(O)CN2C(=O)[C@@H](c2cc(OCCN3CC[C@@H](NC(=O)C[C@@H]4N=C(c5ccc(Cl)cc5)c5c(sc(C)c5C)-n5c(C)nnc54)C3)no2)C(C)C)cc1. The number of nitrogens with one attached hydrogen (secondary N) is 2. The Bertz CT molecular complexity index is 2830. The number of benzene rings is 2. The lowest BCUT2D eigenvalue weighted by Crippen LogP contribution is -2.48. The molecule has 3 N–H and O–H groups in total. The molecule has 2 aromatic carbocycles. The zero-order valence-corrected chi connectivity index (χ0v) is 41.3. The summed E-state index contributed by atoms with van der Waals surface area (Å²) in [4.78, 5) is 57.0. The van der Waals surface area contributed by atoms with E-state index in [1.807, 2.05) is 86.3 Å². The number of aryl methyl sites for hydroxylation is 3. The minimum Gasteiger partial charge on any atom is -0.474 e. The van der Waals surface area contributed by atoms with Crippen molar-refractivity contribution in [3.05, 3.63) is 115 Å². The van der Waals surface area contributed by atoms with Gasteiger partial charge in [0.2, 0.25) is 17.7 Å². The number of aromatic nitrogens is 5. The van der Waals surface area contributed by atoms with Crippen molar-refractivity contribution in [2.24, 2.45) is 10.9 Å². The van der Waals surface area contributed by atoms with Gasteiger partial charge in [-0.15, -0.1) is 32.9 Å². The Morgan fingerprint density at radius 3 is 2.51 bits per heavy atom. The van der Waals surface area contributed by atoms with E-state index in [1.54, 1.807) is 28.7 Å². The third kappa shape index (κ3) is 9.87.